The topological polar surface area (TPSA) is 71.9 Å². The molecule has 3 N–H and O–H groups in total. The third-order valence-electron chi connectivity index (χ3n) is 3.82. The van der Waals surface area contributed by atoms with Gasteiger partial charge in [-0.25, -0.2) is 4.79 Å². The van der Waals surface area contributed by atoms with Crippen LogP contribution >= 0.6 is 0 Å². The van der Waals surface area contributed by atoms with Gasteiger partial charge in [0.1, 0.15) is 12.3 Å². The zero-order chi connectivity index (χ0) is 19.3. The number of nitrogens with one attached hydrogen (secondary N) is 3. The van der Waals surface area contributed by atoms with Crippen molar-refractivity contribution in [3.63, 3.8) is 0 Å². The van der Waals surface area contributed by atoms with E-state index in [0.29, 0.717) is 6.54 Å². The number of likely N-dealkylation sites (N-methyl/N-ethyl adjacent to an activating group) is 1. The van der Waals surface area contributed by atoms with Crippen molar-refractivity contribution in [3.05, 3.63) is 42.0 Å². The van der Waals surface area contributed by atoms with Gasteiger partial charge in [0.2, 0.25) is 0 Å². The van der Waals surface area contributed by atoms with Crippen LogP contribution in [0.15, 0.2) is 36.4 Å². The largest absolute Gasteiger partial charge is 0.497 e. The highest BCUT2D eigenvalue weighted by Crippen LogP contribution is 2.21. The van der Waals surface area contributed by atoms with E-state index in [-0.39, 0.29) is 18.0 Å². The molecule has 0 saturated carbocycles. The van der Waals surface area contributed by atoms with Crippen LogP contribution < -0.4 is 20.3 Å². The molecule has 2 rings (SSSR count). The van der Waals surface area contributed by atoms with Crippen molar-refractivity contribution in [3.8, 4) is 5.75 Å². The molecule has 0 aliphatic carbocycles. The van der Waals surface area contributed by atoms with Gasteiger partial charge in [0.05, 0.1) is 14.2 Å². The summed E-state index contributed by atoms with van der Waals surface area (Å²) in [5, 5.41) is 7.33. The SMILES string of the molecule is COc1ccc2cc(C[NH+](C)CC(=O)NC(=O)NC(C)(C)C)ccc2c1. The normalized spacial score (nSPS) is 12.5. The van der Waals surface area contributed by atoms with Gasteiger partial charge in [-0.05, 0) is 49.7 Å². The average molecular weight is 358 g/mol. The standard InChI is InChI=1S/C20H27N3O3/c1-20(2,3)22-19(25)21-18(24)13-23(4)12-14-6-7-16-11-17(26-5)9-8-15(16)10-14/h6-11H,12-13H2,1-5H3,(H2,21,22,24,25)/p+1. The van der Waals surface area contributed by atoms with Crippen molar-refractivity contribution < 1.29 is 19.2 Å². The summed E-state index contributed by atoms with van der Waals surface area (Å²) < 4.78 is 5.24. The summed E-state index contributed by atoms with van der Waals surface area (Å²) in [6.07, 6.45) is 0. The quantitative estimate of drug-likeness (QED) is 0.758. The first kappa shape index (κ1) is 19.7. The summed E-state index contributed by atoms with van der Waals surface area (Å²) in [6, 6.07) is 11.7. The fraction of sp³-hybridized carbons (Fsp3) is 0.400. The van der Waals surface area contributed by atoms with E-state index >= 15 is 0 Å². The number of amides is 3. The number of methoxy groups -OCH3 is 1. The highest BCUT2D eigenvalue weighted by atomic mass is 16.5. The van der Waals surface area contributed by atoms with Gasteiger partial charge in [-0.3, -0.25) is 10.1 Å². The van der Waals surface area contributed by atoms with Gasteiger partial charge in [0, 0.05) is 11.1 Å². The van der Waals surface area contributed by atoms with Crippen LogP contribution in [0.3, 0.4) is 0 Å². The second-order valence-electron chi connectivity index (χ2n) is 7.61. The first-order valence-corrected chi connectivity index (χ1v) is 8.66. The Balaban J connectivity index is 1.92. The van der Waals surface area contributed by atoms with E-state index in [4.69, 9.17) is 4.74 Å². The molecule has 0 saturated heterocycles. The van der Waals surface area contributed by atoms with Crippen LogP contribution in [0.5, 0.6) is 5.75 Å². The lowest BCUT2D eigenvalue weighted by Gasteiger charge is -2.20. The summed E-state index contributed by atoms with van der Waals surface area (Å²) in [6.45, 7) is 6.51. The third-order valence-corrected chi connectivity index (χ3v) is 3.82. The van der Waals surface area contributed by atoms with Crippen molar-refractivity contribution >= 4 is 22.7 Å². The Hall–Kier alpha value is -2.60. The second kappa shape index (κ2) is 8.19. The number of imide groups is 1. The number of carbonyl (C=O) groups excluding carboxylic acids is 2. The number of ether oxygens (including phenoxy) is 1. The third kappa shape index (κ3) is 6.04. The van der Waals surface area contributed by atoms with E-state index in [2.05, 4.69) is 28.8 Å². The number of fused-ring (bicyclic) bond motifs is 1. The maximum atomic E-state index is 12.0. The molecular formula is C20H28N3O3+. The molecule has 0 aromatic heterocycles. The van der Waals surface area contributed by atoms with E-state index in [1.54, 1.807) is 7.11 Å². The molecular weight excluding hydrogens is 330 g/mol. The van der Waals surface area contributed by atoms with Crippen molar-refractivity contribution in [1.29, 1.82) is 0 Å². The molecule has 6 heteroatoms. The molecule has 140 valence electrons. The van der Waals surface area contributed by atoms with Gasteiger partial charge in [-0.1, -0.05) is 18.2 Å². The summed E-state index contributed by atoms with van der Waals surface area (Å²) in [7, 11) is 3.58. The van der Waals surface area contributed by atoms with Crippen LogP contribution in [-0.4, -0.2) is 38.2 Å². The Labute approximate surface area is 154 Å². The number of quaternary nitrogens is 1. The molecule has 0 bridgehead atoms. The van der Waals surface area contributed by atoms with Crippen molar-refractivity contribution in [2.75, 3.05) is 20.7 Å². The van der Waals surface area contributed by atoms with E-state index < -0.39 is 6.03 Å². The minimum Gasteiger partial charge on any atom is -0.497 e. The number of urea groups is 1. The van der Waals surface area contributed by atoms with Crippen LogP contribution in [-0.2, 0) is 11.3 Å². The van der Waals surface area contributed by atoms with Gasteiger partial charge >= 0.3 is 6.03 Å². The molecule has 0 fully saturated rings. The molecule has 3 amide bonds. The zero-order valence-electron chi connectivity index (χ0n) is 16.1. The van der Waals surface area contributed by atoms with Crippen LogP contribution in [0, 0.1) is 0 Å². The predicted octanol–water partition coefficient (Wildman–Crippen LogP) is 1.49. The van der Waals surface area contributed by atoms with Crippen LogP contribution in [0.25, 0.3) is 10.8 Å². The van der Waals surface area contributed by atoms with E-state index in [0.717, 1.165) is 27.0 Å². The van der Waals surface area contributed by atoms with Gasteiger partial charge < -0.3 is 15.0 Å². The first-order valence-electron chi connectivity index (χ1n) is 8.66. The van der Waals surface area contributed by atoms with E-state index in [1.807, 2.05) is 46.0 Å². The predicted molar refractivity (Wildman–Crippen MR) is 102 cm³/mol. The lowest BCUT2D eigenvalue weighted by atomic mass is 10.1. The first-order chi connectivity index (χ1) is 12.2. The van der Waals surface area contributed by atoms with Crippen molar-refractivity contribution in [1.82, 2.24) is 10.6 Å². The lowest BCUT2D eigenvalue weighted by Crippen LogP contribution is -3.09. The molecule has 0 aliphatic rings. The van der Waals surface area contributed by atoms with Crippen molar-refractivity contribution in [2.45, 2.75) is 32.9 Å². The van der Waals surface area contributed by atoms with Gasteiger partial charge in [0.25, 0.3) is 5.91 Å². The molecule has 1 atom stereocenters. The Morgan fingerprint density at radius 3 is 2.38 bits per heavy atom. The minimum atomic E-state index is -0.463. The molecule has 0 aliphatic heterocycles. The lowest BCUT2D eigenvalue weighted by molar-refractivity contribution is -0.885. The summed E-state index contributed by atoms with van der Waals surface area (Å²) >= 11 is 0. The van der Waals surface area contributed by atoms with Crippen molar-refractivity contribution in [2.24, 2.45) is 0 Å². The highest BCUT2D eigenvalue weighted by Gasteiger charge is 2.18. The van der Waals surface area contributed by atoms with Crippen LogP contribution in [0.1, 0.15) is 26.3 Å². The smallest absolute Gasteiger partial charge is 0.322 e. The molecule has 6 nitrogen and oxygen atoms in total. The maximum absolute atomic E-state index is 12.0. The molecule has 2 aromatic carbocycles. The van der Waals surface area contributed by atoms with Gasteiger partial charge in [0.15, 0.2) is 6.54 Å². The Kier molecular flexibility index (Phi) is 6.21. The summed E-state index contributed by atoms with van der Waals surface area (Å²) in [5.41, 5.74) is 0.754. The number of benzene rings is 2. The second-order valence-corrected chi connectivity index (χ2v) is 7.61. The Bertz CT molecular complexity index is 796. The fourth-order valence-electron chi connectivity index (χ4n) is 2.74. The van der Waals surface area contributed by atoms with Gasteiger partial charge in [-0.15, -0.1) is 0 Å². The fourth-order valence-corrected chi connectivity index (χ4v) is 2.74. The number of carbonyl (C=O) groups is 2. The van der Waals surface area contributed by atoms with E-state index in [1.165, 1.54) is 0 Å². The number of rotatable bonds is 5. The van der Waals surface area contributed by atoms with Gasteiger partial charge in [-0.2, -0.15) is 0 Å². The molecule has 1 unspecified atom stereocenters. The molecule has 0 spiro atoms. The zero-order valence-corrected chi connectivity index (χ0v) is 16.1. The molecule has 26 heavy (non-hydrogen) atoms. The minimum absolute atomic E-state index is 0.220. The Morgan fingerprint density at radius 1 is 1.08 bits per heavy atom. The average Bonchev–Trinajstić information content (AvgIpc) is 2.51. The molecule has 2 aromatic rings. The van der Waals surface area contributed by atoms with Crippen LogP contribution in [0.2, 0.25) is 0 Å². The monoisotopic (exact) mass is 358 g/mol. The number of hydrogen-bond acceptors (Lipinski definition) is 3. The van der Waals surface area contributed by atoms with Crippen LogP contribution in [0.4, 0.5) is 4.79 Å². The maximum Gasteiger partial charge on any atom is 0.322 e. The molecule has 0 heterocycles. The molecule has 0 radical (unpaired) electrons. The highest BCUT2D eigenvalue weighted by molar-refractivity contribution is 5.95. The summed E-state index contributed by atoms with van der Waals surface area (Å²) in [5.74, 6) is 0.535. The number of hydrogen-bond donors (Lipinski definition) is 3. The van der Waals surface area contributed by atoms with E-state index in [9.17, 15) is 9.59 Å². The summed E-state index contributed by atoms with van der Waals surface area (Å²) in [4.78, 5) is 24.8. The Morgan fingerprint density at radius 2 is 1.73 bits per heavy atom.